The molecule has 0 spiro atoms. The van der Waals surface area contributed by atoms with Crippen molar-refractivity contribution < 1.29 is 14.3 Å². The van der Waals surface area contributed by atoms with E-state index in [4.69, 9.17) is 4.74 Å². The smallest absolute Gasteiger partial charge is 0.259 e. The molecule has 2 amide bonds. The first kappa shape index (κ1) is 10.8. The van der Waals surface area contributed by atoms with Crippen LogP contribution in [0.2, 0.25) is 0 Å². The molecular formula is C14H11NO3. The van der Waals surface area contributed by atoms with Crippen molar-refractivity contribution in [2.24, 2.45) is 0 Å². The van der Waals surface area contributed by atoms with E-state index in [9.17, 15) is 9.59 Å². The van der Waals surface area contributed by atoms with Crippen molar-refractivity contribution in [3.05, 3.63) is 41.0 Å². The summed E-state index contributed by atoms with van der Waals surface area (Å²) in [6.07, 6.45) is 0. The highest BCUT2D eigenvalue weighted by Gasteiger charge is 2.29. The Kier molecular flexibility index (Phi) is 2.13. The van der Waals surface area contributed by atoms with E-state index >= 15 is 0 Å². The maximum atomic E-state index is 11.7. The van der Waals surface area contributed by atoms with E-state index in [2.05, 4.69) is 5.32 Å². The van der Waals surface area contributed by atoms with Gasteiger partial charge in [-0.05, 0) is 30.0 Å². The molecule has 90 valence electrons. The number of ether oxygens (including phenoxy) is 1. The molecule has 1 aliphatic rings. The number of fused-ring (bicyclic) bond motifs is 2. The third kappa shape index (κ3) is 1.26. The van der Waals surface area contributed by atoms with Crippen LogP contribution in [0.3, 0.4) is 0 Å². The molecule has 1 aliphatic heterocycles. The van der Waals surface area contributed by atoms with E-state index < -0.39 is 0 Å². The van der Waals surface area contributed by atoms with E-state index in [1.807, 2.05) is 25.1 Å². The SMILES string of the molecule is COc1cccc2c(C)c3c(cc12)C(=O)NC3=O. The fourth-order valence-corrected chi connectivity index (χ4v) is 2.46. The fraction of sp³-hybridized carbons (Fsp3) is 0.143. The predicted octanol–water partition coefficient (Wildman–Crippen LogP) is 2.04. The molecule has 0 aliphatic carbocycles. The van der Waals surface area contributed by atoms with Crippen molar-refractivity contribution in [1.29, 1.82) is 0 Å². The van der Waals surface area contributed by atoms with Crippen molar-refractivity contribution in [3.63, 3.8) is 0 Å². The third-order valence-corrected chi connectivity index (χ3v) is 3.32. The molecule has 1 N–H and O–H groups in total. The molecule has 2 aromatic carbocycles. The summed E-state index contributed by atoms with van der Waals surface area (Å²) in [6.45, 7) is 1.85. The standard InChI is InChI=1S/C14H11NO3/c1-7-8-4-3-5-11(18-2)9(8)6-10-12(7)14(17)15-13(10)16/h3-6H,1-2H3,(H,15,16,17). The molecule has 4 heteroatoms. The van der Waals surface area contributed by atoms with Crippen LogP contribution < -0.4 is 10.1 Å². The molecule has 0 atom stereocenters. The van der Waals surface area contributed by atoms with Gasteiger partial charge in [-0.25, -0.2) is 0 Å². The summed E-state index contributed by atoms with van der Waals surface area (Å²) in [7, 11) is 1.59. The van der Waals surface area contributed by atoms with E-state index in [-0.39, 0.29) is 11.8 Å². The zero-order valence-corrected chi connectivity index (χ0v) is 10.0. The molecule has 0 unspecified atom stereocenters. The van der Waals surface area contributed by atoms with Gasteiger partial charge in [-0.3, -0.25) is 14.9 Å². The predicted molar refractivity (Wildman–Crippen MR) is 67.0 cm³/mol. The summed E-state index contributed by atoms with van der Waals surface area (Å²) in [5, 5.41) is 4.09. The van der Waals surface area contributed by atoms with Crippen LogP contribution in [0.1, 0.15) is 26.3 Å². The van der Waals surface area contributed by atoms with Gasteiger partial charge in [-0.1, -0.05) is 12.1 Å². The van der Waals surface area contributed by atoms with Crippen LogP contribution in [0, 0.1) is 6.92 Å². The van der Waals surface area contributed by atoms with E-state index in [0.29, 0.717) is 16.9 Å². The molecule has 0 bridgehead atoms. The second-order valence-electron chi connectivity index (χ2n) is 4.26. The number of hydrogen-bond donors (Lipinski definition) is 1. The molecule has 18 heavy (non-hydrogen) atoms. The minimum Gasteiger partial charge on any atom is -0.496 e. The number of carbonyl (C=O) groups excluding carboxylic acids is 2. The maximum absolute atomic E-state index is 11.7. The van der Waals surface area contributed by atoms with Crippen LogP contribution in [0.4, 0.5) is 0 Å². The lowest BCUT2D eigenvalue weighted by atomic mass is 9.96. The minimum absolute atomic E-state index is 0.322. The van der Waals surface area contributed by atoms with Gasteiger partial charge in [0.05, 0.1) is 18.2 Å². The van der Waals surface area contributed by atoms with Gasteiger partial charge in [-0.15, -0.1) is 0 Å². The lowest BCUT2D eigenvalue weighted by Crippen LogP contribution is -2.20. The minimum atomic E-state index is -0.342. The lowest BCUT2D eigenvalue weighted by Gasteiger charge is -2.09. The quantitative estimate of drug-likeness (QED) is 0.777. The van der Waals surface area contributed by atoms with Crippen LogP contribution in [-0.4, -0.2) is 18.9 Å². The largest absolute Gasteiger partial charge is 0.496 e. The maximum Gasteiger partial charge on any atom is 0.259 e. The van der Waals surface area contributed by atoms with Crippen LogP contribution in [0.25, 0.3) is 10.8 Å². The average molecular weight is 241 g/mol. The number of benzene rings is 2. The first-order chi connectivity index (χ1) is 8.63. The highest BCUT2D eigenvalue weighted by atomic mass is 16.5. The van der Waals surface area contributed by atoms with Crippen molar-refractivity contribution in [2.75, 3.05) is 7.11 Å². The average Bonchev–Trinajstić information content (AvgIpc) is 2.65. The summed E-state index contributed by atoms with van der Waals surface area (Å²) in [5.41, 5.74) is 1.71. The van der Waals surface area contributed by atoms with E-state index in [0.717, 1.165) is 16.3 Å². The highest BCUT2D eigenvalue weighted by Crippen LogP contribution is 2.33. The number of methoxy groups -OCH3 is 1. The Bertz CT molecular complexity index is 704. The number of imide groups is 1. The third-order valence-electron chi connectivity index (χ3n) is 3.32. The first-order valence-electron chi connectivity index (χ1n) is 5.59. The van der Waals surface area contributed by atoms with Gasteiger partial charge in [0.1, 0.15) is 5.75 Å². The van der Waals surface area contributed by atoms with Crippen LogP contribution in [-0.2, 0) is 0 Å². The number of rotatable bonds is 1. The number of amides is 2. The van der Waals surface area contributed by atoms with Gasteiger partial charge in [0.15, 0.2) is 0 Å². The number of hydrogen-bond acceptors (Lipinski definition) is 3. The summed E-state index contributed by atoms with van der Waals surface area (Å²) < 4.78 is 5.29. The van der Waals surface area contributed by atoms with Crippen LogP contribution in [0.15, 0.2) is 24.3 Å². The summed E-state index contributed by atoms with van der Waals surface area (Å²) in [6, 6.07) is 7.35. The monoisotopic (exact) mass is 241 g/mol. The van der Waals surface area contributed by atoms with E-state index in [1.165, 1.54) is 0 Å². The molecule has 0 saturated heterocycles. The molecule has 0 radical (unpaired) electrons. The Morgan fingerprint density at radius 1 is 1.11 bits per heavy atom. The van der Waals surface area contributed by atoms with Gasteiger partial charge < -0.3 is 4.74 Å². The number of carbonyl (C=O) groups is 2. The van der Waals surface area contributed by atoms with Gasteiger partial charge in [0.25, 0.3) is 11.8 Å². The normalized spacial score (nSPS) is 13.7. The van der Waals surface area contributed by atoms with E-state index in [1.54, 1.807) is 13.2 Å². The zero-order chi connectivity index (χ0) is 12.9. The Morgan fingerprint density at radius 2 is 1.89 bits per heavy atom. The summed E-state index contributed by atoms with van der Waals surface area (Å²) in [4.78, 5) is 23.4. The first-order valence-corrected chi connectivity index (χ1v) is 5.59. The van der Waals surface area contributed by atoms with Crippen molar-refractivity contribution in [3.8, 4) is 5.75 Å². The molecule has 0 saturated carbocycles. The lowest BCUT2D eigenvalue weighted by molar-refractivity contribution is 0.0879. The Balaban J connectivity index is 2.47. The molecule has 0 aromatic heterocycles. The Morgan fingerprint density at radius 3 is 2.61 bits per heavy atom. The molecule has 1 heterocycles. The topological polar surface area (TPSA) is 55.4 Å². The number of nitrogens with one attached hydrogen (secondary N) is 1. The van der Waals surface area contributed by atoms with Gasteiger partial charge in [0, 0.05) is 5.39 Å². The Hall–Kier alpha value is -2.36. The van der Waals surface area contributed by atoms with Crippen molar-refractivity contribution >= 4 is 22.6 Å². The summed E-state index contributed by atoms with van der Waals surface area (Å²) >= 11 is 0. The molecule has 2 aromatic rings. The molecule has 3 rings (SSSR count). The molecule has 0 fully saturated rings. The van der Waals surface area contributed by atoms with Crippen LogP contribution >= 0.6 is 0 Å². The van der Waals surface area contributed by atoms with Gasteiger partial charge >= 0.3 is 0 Å². The molecular weight excluding hydrogens is 230 g/mol. The number of aryl methyl sites for hydroxylation is 1. The van der Waals surface area contributed by atoms with Crippen LogP contribution in [0.5, 0.6) is 5.75 Å². The fourth-order valence-electron chi connectivity index (χ4n) is 2.46. The van der Waals surface area contributed by atoms with Gasteiger partial charge in [-0.2, -0.15) is 0 Å². The van der Waals surface area contributed by atoms with Crippen molar-refractivity contribution in [2.45, 2.75) is 6.92 Å². The Labute approximate surface area is 104 Å². The second kappa shape index (κ2) is 3.57. The zero-order valence-electron chi connectivity index (χ0n) is 10.0. The molecule has 4 nitrogen and oxygen atoms in total. The highest BCUT2D eigenvalue weighted by molar-refractivity contribution is 6.24. The van der Waals surface area contributed by atoms with Gasteiger partial charge in [0.2, 0.25) is 0 Å². The van der Waals surface area contributed by atoms with Crippen molar-refractivity contribution in [1.82, 2.24) is 5.32 Å². The summed E-state index contributed by atoms with van der Waals surface area (Å²) in [5.74, 6) is 0.0358. The second-order valence-corrected chi connectivity index (χ2v) is 4.26.